The van der Waals surface area contributed by atoms with Crippen LogP contribution in [0.15, 0.2) is 0 Å². The zero-order chi connectivity index (χ0) is 19.0. The van der Waals surface area contributed by atoms with E-state index in [9.17, 15) is 19.2 Å². The fraction of sp³-hybridized carbons (Fsp3) is 0.750. The monoisotopic (exact) mass is 346 g/mol. The average molecular weight is 346 g/mol. The van der Waals surface area contributed by atoms with Gasteiger partial charge in [0, 0.05) is 12.8 Å². The molecular formula is C16H30N2O6. The van der Waals surface area contributed by atoms with Crippen molar-refractivity contribution in [2.75, 3.05) is 6.54 Å². The molecule has 24 heavy (non-hydrogen) atoms. The summed E-state index contributed by atoms with van der Waals surface area (Å²) < 4.78 is 0. The van der Waals surface area contributed by atoms with Crippen LogP contribution in [0.5, 0.6) is 0 Å². The van der Waals surface area contributed by atoms with E-state index in [1.165, 1.54) is 6.92 Å². The smallest absolute Gasteiger partial charge is 0.325 e. The molecule has 4 N–H and O–H groups in total. The minimum absolute atomic E-state index is 0.175. The van der Waals surface area contributed by atoms with Crippen LogP contribution in [0.3, 0.4) is 0 Å². The van der Waals surface area contributed by atoms with Crippen LogP contribution in [-0.2, 0) is 19.2 Å². The van der Waals surface area contributed by atoms with Crippen molar-refractivity contribution in [1.82, 2.24) is 10.6 Å². The van der Waals surface area contributed by atoms with E-state index in [0.717, 1.165) is 32.1 Å². The Bertz CT molecular complexity index is 398. The summed E-state index contributed by atoms with van der Waals surface area (Å²) in [6.45, 7) is 5.21. The third-order valence-corrected chi connectivity index (χ3v) is 2.95. The largest absolute Gasteiger partial charge is 0.480 e. The highest BCUT2D eigenvalue weighted by atomic mass is 16.4. The summed E-state index contributed by atoms with van der Waals surface area (Å²) in [5, 5.41) is 21.3. The fourth-order valence-corrected chi connectivity index (χ4v) is 1.51. The number of aliphatic carboxylic acids is 2. The van der Waals surface area contributed by atoms with E-state index in [0.29, 0.717) is 12.8 Å². The maximum Gasteiger partial charge on any atom is 0.325 e. The second-order valence-corrected chi connectivity index (χ2v) is 5.36. The van der Waals surface area contributed by atoms with Gasteiger partial charge in [-0.05, 0) is 19.8 Å². The summed E-state index contributed by atoms with van der Waals surface area (Å²) in [6.07, 6.45) is 5.50. The Morgan fingerprint density at radius 3 is 1.88 bits per heavy atom. The summed E-state index contributed by atoms with van der Waals surface area (Å²) in [4.78, 5) is 42.1. The molecule has 0 heterocycles. The highest BCUT2D eigenvalue weighted by Crippen LogP contribution is 1.97. The highest BCUT2D eigenvalue weighted by molar-refractivity contribution is 5.83. The number of carbonyl (C=O) groups is 4. The molecule has 0 aromatic carbocycles. The molecule has 0 saturated carbocycles. The number of unbranched alkanes of at least 4 members (excludes halogenated alkanes) is 3. The molecule has 1 atom stereocenters. The van der Waals surface area contributed by atoms with Crippen LogP contribution in [0.25, 0.3) is 0 Å². The zero-order valence-corrected chi connectivity index (χ0v) is 14.8. The summed E-state index contributed by atoms with van der Waals surface area (Å²) in [5.41, 5.74) is 0. The Morgan fingerprint density at radius 2 is 1.42 bits per heavy atom. The van der Waals surface area contributed by atoms with E-state index < -0.39 is 18.0 Å². The molecule has 0 saturated heterocycles. The SMILES string of the molecule is CCCCC(=O)N[C@H](C)C(=O)O.CCCCCC(=O)NCC(=O)O. The number of carboxylic acids is 2. The molecule has 2 amide bonds. The molecule has 140 valence electrons. The Hall–Kier alpha value is -2.12. The molecule has 0 aromatic heterocycles. The molecule has 8 heteroatoms. The van der Waals surface area contributed by atoms with Crippen LogP contribution in [0, 0.1) is 0 Å². The molecule has 0 spiro atoms. The molecule has 0 aliphatic rings. The normalized spacial score (nSPS) is 10.8. The fourth-order valence-electron chi connectivity index (χ4n) is 1.51. The van der Waals surface area contributed by atoms with E-state index in [2.05, 4.69) is 17.6 Å². The van der Waals surface area contributed by atoms with Gasteiger partial charge in [0.05, 0.1) is 0 Å². The van der Waals surface area contributed by atoms with E-state index >= 15 is 0 Å². The second-order valence-electron chi connectivity index (χ2n) is 5.36. The van der Waals surface area contributed by atoms with Crippen LogP contribution >= 0.6 is 0 Å². The minimum atomic E-state index is -1.00. The zero-order valence-electron chi connectivity index (χ0n) is 14.8. The predicted octanol–water partition coefficient (Wildman–Crippen LogP) is 1.53. The predicted molar refractivity (Wildman–Crippen MR) is 89.6 cm³/mol. The lowest BCUT2D eigenvalue weighted by atomic mass is 10.2. The van der Waals surface area contributed by atoms with Crippen molar-refractivity contribution in [3.05, 3.63) is 0 Å². The summed E-state index contributed by atoms with van der Waals surface area (Å²) >= 11 is 0. The van der Waals surface area contributed by atoms with Crippen LogP contribution in [0.1, 0.15) is 65.7 Å². The quantitative estimate of drug-likeness (QED) is 0.419. The number of carbonyl (C=O) groups excluding carboxylic acids is 2. The summed E-state index contributed by atoms with van der Waals surface area (Å²) in [7, 11) is 0. The Balaban J connectivity index is 0. The lowest BCUT2D eigenvalue weighted by molar-refractivity contribution is -0.141. The molecule has 0 bridgehead atoms. The topological polar surface area (TPSA) is 133 Å². The molecule has 0 radical (unpaired) electrons. The van der Waals surface area contributed by atoms with Gasteiger partial charge in [-0.15, -0.1) is 0 Å². The van der Waals surface area contributed by atoms with E-state index in [1.807, 2.05) is 6.92 Å². The lowest BCUT2D eigenvalue weighted by Gasteiger charge is -2.07. The Morgan fingerprint density at radius 1 is 0.875 bits per heavy atom. The van der Waals surface area contributed by atoms with Crippen molar-refractivity contribution in [2.24, 2.45) is 0 Å². The first kappa shape index (κ1) is 24.1. The first-order chi connectivity index (χ1) is 11.2. The molecule has 0 unspecified atom stereocenters. The summed E-state index contributed by atoms with van der Waals surface area (Å²) in [6, 6.07) is -0.783. The number of carboxylic acid groups (broad SMARTS) is 2. The van der Waals surface area contributed by atoms with Crippen molar-refractivity contribution < 1.29 is 29.4 Å². The van der Waals surface area contributed by atoms with Gasteiger partial charge in [-0.3, -0.25) is 19.2 Å². The van der Waals surface area contributed by atoms with Gasteiger partial charge in [-0.2, -0.15) is 0 Å². The van der Waals surface area contributed by atoms with Gasteiger partial charge in [-0.1, -0.05) is 33.1 Å². The van der Waals surface area contributed by atoms with Crippen molar-refractivity contribution in [1.29, 1.82) is 0 Å². The lowest BCUT2D eigenvalue weighted by Crippen LogP contribution is -2.38. The molecular weight excluding hydrogens is 316 g/mol. The highest BCUT2D eigenvalue weighted by Gasteiger charge is 2.12. The minimum Gasteiger partial charge on any atom is -0.480 e. The van der Waals surface area contributed by atoms with Gasteiger partial charge in [0.2, 0.25) is 11.8 Å². The van der Waals surface area contributed by atoms with Gasteiger partial charge in [-0.25, -0.2) is 0 Å². The van der Waals surface area contributed by atoms with Crippen LogP contribution in [0.4, 0.5) is 0 Å². The molecule has 0 aromatic rings. The number of rotatable bonds is 11. The number of nitrogens with one attached hydrogen (secondary N) is 2. The van der Waals surface area contributed by atoms with Crippen LogP contribution in [-0.4, -0.2) is 46.6 Å². The van der Waals surface area contributed by atoms with Gasteiger partial charge in [0.25, 0.3) is 0 Å². The van der Waals surface area contributed by atoms with Gasteiger partial charge in [0.1, 0.15) is 12.6 Å². The van der Waals surface area contributed by atoms with Gasteiger partial charge in [0.15, 0.2) is 0 Å². The van der Waals surface area contributed by atoms with Crippen molar-refractivity contribution in [2.45, 2.75) is 71.8 Å². The molecule has 0 aliphatic heterocycles. The van der Waals surface area contributed by atoms with Crippen molar-refractivity contribution >= 4 is 23.8 Å². The first-order valence-electron chi connectivity index (χ1n) is 8.25. The van der Waals surface area contributed by atoms with Crippen molar-refractivity contribution in [3.8, 4) is 0 Å². The maximum atomic E-state index is 10.9. The van der Waals surface area contributed by atoms with Crippen LogP contribution < -0.4 is 10.6 Å². The molecule has 0 aliphatic carbocycles. The Labute approximate surface area is 143 Å². The van der Waals surface area contributed by atoms with Gasteiger partial charge >= 0.3 is 11.9 Å². The van der Waals surface area contributed by atoms with E-state index in [1.54, 1.807) is 0 Å². The first-order valence-corrected chi connectivity index (χ1v) is 8.25. The third-order valence-electron chi connectivity index (χ3n) is 2.95. The number of hydrogen-bond donors (Lipinski definition) is 4. The second kappa shape index (κ2) is 15.8. The number of hydrogen-bond acceptors (Lipinski definition) is 4. The average Bonchev–Trinajstić information content (AvgIpc) is 2.51. The molecule has 8 nitrogen and oxygen atoms in total. The molecule has 0 rings (SSSR count). The van der Waals surface area contributed by atoms with E-state index in [4.69, 9.17) is 10.2 Å². The van der Waals surface area contributed by atoms with E-state index in [-0.39, 0.29) is 18.4 Å². The molecule has 0 fully saturated rings. The number of amides is 2. The standard InChI is InChI=1S/2C8H15NO3/c1-3-4-5-7(10)9-6(2)8(11)12;1-2-3-4-5-7(10)9-6-8(11)12/h6H,3-5H2,1-2H3,(H,9,10)(H,11,12);2-6H2,1H3,(H,9,10)(H,11,12)/t6-;/m1./s1. The third kappa shape index (κ3) is 17.9. The maximum absolute atomic E-state index is 10.9. The van der Waals surface area contributed by atoms with Crippen molar-refractivity contribution in [3.63, 3.8) is 0 Å². The van der Waals surface area contributed by atoms with Crippen LogP contribution in [0.2, 0.25) is 0 Å². The van der Waals surface area contributed by atoms with Gasteiger partial charge < -0.3 is 20.8 Å². The Kier molecular flexibility index (Phi) is 15.9. The summed E-state index contributed by atoms with van der Waals surface area (Å²) in [5.74, 6) is -2.36.